The number of rotatable bonds is 6. The average Bonchev–Trinajstić information content (AvgIpc) is 3.93. The van der Waals surface area contributed by atoms with Crippen LogP contribution in [0.2, 0.25) is 0 Å². The van der Waals surface area contributed by atoms with Crippen LogP contribution in [0.5, 0.6) is 0 Å². The molecular formula is C34H48N8O. The summed E-state index contributed by atoms with van der Waals surface area (Å²) in [5.74, 6) is 2.74. The zero-order valence-electron chi connectivity index (χ0n) is 25.6. The molecule has 0 radical (unpaired) electrons. The van der Waals surface area contributed by atoms with Crippen LogP contribution in [0.25, 0.3) is 0 Å². The molecule has 3 fully saturated rings. The Hall–Kier alpha value is -3.11. The van der Waals surface area contributed by atoms with E-state index in [0.717, 1.165) is 81.1 Å². The quantitative estimate of drug-likeness (QED) is 0.449. The van der Waals surface area contributed by atoms with Gasteiger partial charge in [-0.25, -0.2) is 4.98 Å². The van der Waals surface area contributed by atoms with Crippen molar-refractivity contribution in [1.29, 1.82) is 0 Å². The number of allylic oxidation sites excluding steroid dienone is 4. The van der Waals surface area contributed by atoms with Gasteiger partial charge in [-0.2, -0.15) is 0 Å². The molecule has 4 aliphatic carbocycles. The Labute approximate surface area is 256 Å². The Morgan fingerprint density at radius 2 is 2.07 bits per heavy atom. The second kappa shape index (κ2) is 11.8. The topological polar surface area (TPSA) is 104 Å². The molecule has 230 valence electrons. The number of hydrogen-bond acceptors (Lipinski definition) is 7. The van der Waals surface area contributed by atoms with Crippen LogP contribution in [-0.2, 0) is 36.4 Å². The molecule has 2 aliphatic heterocycles. The van der Waals surface area contributed by atoms with Crippen molar-refractivity contribution in [3.05, 3.63) is 82.8 Å². The van der Waals surface area contributed by atoms with Gasteiger partial charge in [-0.1, -0.05) is 36.4 Å². The number of hydrogen-bond donors (Lipinski definition) is 3. The van der Waals surface area contributed by atoms with Gasteiger partial charge in [-0.15, -0.1) is 0 Å². The molecule has 0 spiro atoms. The monoisotopic (exact) mass is 584 g/mol. The lowest BCUT2D eigenvalue weighted by molar-refractivity contribution is -0.118. The van der Waals surface area contributed by atoms with E-state index in [1.807, 2.05) is 31.5 Å². The van der Waals surface area contributed by atoms with E-state index in [-0.39, 0.29) is 19.0 Å². The fraction of sp³-hybridized carbons (Fsp3) is 0.559. The molecular weight excluding hydrogens is 536 g/mol. The van der Waals surface area contributed by atoms with Gasteiger partial charge >= 0.3 is 0 Å². The maximum absolute atomic E-state index is 13.1. The van der Waals surface area contributed by atoms with Crippen molar-refractivity contribution in [2.45, 2.75) is 63.3 Å². The third-order valence-corrected chi connectivity index (χ3v) is 10.3. The molecule has 8 rings (SSSR count). The summed E-state index contributed by atoms with van der Waals surface area (Å²) >= 11 is 0. The molecule has 6 aliphatic rings. The van der Waals surface area contributed by atoms with E-state index >= 15 is 0 Å². The van der Waals surface area contributed by atoms with Crippen molar-refractivity contribution < 1.29 is 6.22 Å². The zero-order valence-corrected chi connectivity index (χ0v) is 25.6. The third-order valence-electron chi connectivity index (χ3n) is 10.3. The SMILES string of the molecule is CNCc1nc2n(c1CNC(=O)C1=CC=CC3CC13)C1(N3CCN(C)CC3)CC1C=CC2.N[C@H]1CCCc2cccnc21.[HH]. The van der Waals surface area contributed by atoms with Crippen molar-refractivity contribution in [1.82, 2.24) is 35.0 Å². The number of aryl methyl sites for hydroxylation is 1. The van der Waals surface area contributed by atoms with E-state index < -0.39 is 0 Å². The molecule has 9 nitrogen and oxygen atoms in total. The van der Waals surface area contributed by atoms with Gasteiger partial charge in [0.1, 0.15) is 11.5 Å². The summed E-state index contributed by atoms with van der Waals surface area (Å²) in [7, 11) is 4.18. The molecule has 1 saturated heterocycles. The number of carbonyl (C=O) groups is 1. The van der Waals surface area contributed by atoms with Crippen LogP contribution in [0.4, 0.5) is 0 Å². The predicted octanol–water partition coefficient (Wildman–Crippen LogP) is 3.05. The number of carbonyl (C=O) groups excluding carboxylic acids is 1. The molecule has 4 N–H and O–H groups in total. The van der Waals surface area contributed by atoms with Crippen molar-refractivity contribution >= 4 is 5.91 Å². The number of fused-ring (bicyclic) bond motifs is 5. The molecule has 9 heteroatoms. The van der Waals surface area contributed by atoms with Gasteiger partial charge in [-0.05, 0) is 69.7 Å². The highest BCUT2D eigenvalue weighted by Crippen LogP contribution is 2.56. The van der Waals surface area contributed by atoms with Crippen LogP contribution in [0, 0.1) is 17.8 Å². The highest BCUT2D eigenvalue weighted by Gasteiger charge is 2.61. The van der Waals surface area contributed by atoms with Gasteiger partial charge in [0.25, 0.3) is 0 Å². The first-order valence-electron chi connectivity index (χ1n) is 16.2. The Morgan fingerprint density at radius 1 is 1.21 bits per heavy atom. The van der Waals surface area contributed by atoms with Gasteiger partial charge in [0.2, 0.25) is 5.91 Å². The Kier molecular flexibility index (Phi) is 7.84. The van der Waals surface area contributed by atoms with Gasteiger partial charge in [0, 0.05) is 64.3 Å². The van der Waals surface area contributed by atoms with Gasteiger partial charge < -0.3 is 25.8 Å². The van der Waals surface area contributed by atoms with E-state index in [1.54, 1.807) is 0 Å². The smallest absolute Gasteiger partial charge is 0.247 e. The first-order chi connectivity index (χ1) is 21.0. The minimum Gasteiger partial charge on any atom is -0.347 e. The second-order valence-corrected chi connectivity index (χ2v) is 13.1. The van der Waals surface area contributed by atoms with E-state index in [4.69, 9.17) is 10.7 Å². The molecule has 4 unspecified atom stereocenters. The van der Waals surface area contributed by atoms with Crippen LogP contribution in [-0.4, -0.2) is 70.5 Å². The number of nitrogens with two attached hydrogens (primary N) is 1. The molecule has 1 amide bonds. The number of amides is 1. The summed E-state index contributed by atoms with van der Waals surface area (Å²) in [6, 6.07) is 4.29. The van der Waals surface area contributed by atoms with Gasteiger partial charge in [-0.3, -0.25) is 14.7 Å². The Bertz CT molecular complexity index is 1460. The number of aromatic nitrogens is 3. The molecule has 43 heavy (non-hydrogen) atoms. The lowest BCUT2D eigenvalue weighted by Crippen LogP contribution is -2.52. The summed E-state index contributed by atoms with van der Waals surface area (Å²) in [5, 5.41) is 6.56. The predicted molar refractivity (Wildman–Crippen MR) is 170 cm³/mol. The Balaban J connectivity index is 0.000000241. The number of piperazine rings is 1. The summed E-state index contributed by atoms with van der Waals surface area (Å²) in [6.45, 7) is 5.60. The lowest BCUT2D eigenvalue weighted by Gasteiger charge is -2.40. The second-order valence-electron chi connectivity index (χ2n) is 13.1. The van der Waals surface area contributed by atoms with Crippen LogP contribution < -0.4 is 16.4 Å². The maximum Gasteiger partial charge on any atom is 0.247 e. The summed E-state index contributed by atoms with van der Waals surface area (Å²) in [4.78, 5) is 27.5. The first-order valence-corrected chi connectivity index (χ1v) is 16.2. The molecule has 4 heterocycles. The minimum absolute atomic E-state index is 0. The van der Waals surface area contributed by atoms with Crippen molar-refractivity contribution in [3.8, 4) is 0 Å². The summed E-state index contributed by atoms with van der Waals surface area (Å²) < 4.78 is 2.52. The minimum atomic E-state index is -0.0168. The maximum atomic E-state index is 13.1. The number of pyridine rings is 1. The van der Waals surface area contributed by atoms with Gasteiger partial charge in [0.15, 0.2) is 0 Å². The molecule has 2 saturated carbocycles. The standard InChI is InChI=1S/C25H34N6O.C9H12N2.H2/c1-26-15-21-22(16-27-24(32)19-7-3-5-17-13-20(17)19)31-23(28-21)8-4-6-18-14-25(18,31)30-11-9-29(2)10-12-30;10-8-5-1-3-7-4-2-6-11-9(7)8;/h3-7,17-18,20,26H,8-16H2,1-2H3,(H,27,32);2,4,6,8H,1,3,5,10H2;1H/t;8-;/m.0./s1. The molecule has 0 aromatic carbocycles. The molecule has 5 atom stereocenters. The van der Waals surface area contributed by atoms with Crippen molar-refractivity contribution in [2.75, 3.05) is 40.3 Å². The third kappa shape index (κ3) is 5.41. The van der Waals surface area contributed by atoms with Crippen molar-refractivity contribution in [2.24, 2.45) is 23.5 Å². The summed E-state index contributed by atoms with van der Waals surface area (Å²) in [6.07, 6.45) is 19.3. The first kappa shape index (κ1) is 28.6. The van der Waals surface area contributed by atoms with Crippen LogP contribution >= 0.6 is 0 Å². The van der Waals surface area contributed by atoms with E-state index in [0.29, 0.717) is 30.8 Å². The van der Waals surface area contributed by atoms with E-state index in [1.165, 1.54) is 17.7 Å². The average molecular weight is 585 g/mol. The fourth-order valence-corrected chi connectivity index (χ4v) is 7.79. The lowest BCUT2D eigenvalue weighted by atomic mass is 9.93. The van der Waals surface area contributed by atoms with Crippen molar-refractivity contribution in [3.63, 3.8) is 0 Å². The molecule has 0 bridgehead atoms. The van der Waals surface area contributed by atoms with Crippen LogP contribution in [0.3, 0.4) is 0 Å². The largest absolute Gasteiger partial charge is 0.347 e. The molecule has 2 aromatic rings. The number of nitrogens with one attached hydrogen (secondary N) is 2. The molecule has 2 aromatic heterocycles. The number of imidazole rings is 1. The highest BCUT2D eigenvalue weighted by molar-refractivity contribution is 5.95. The summed E-state index contributed by atoms with van der Waals surface area (Å²) in [5.41, 5.74) is 11.5. The van der Waals surface area contributed by atoms with E-state index in [2.05, 4.69) is 61.3 Å². The fourth-order valence-electron chi connectivity index (χ4n) is 7.79. The number of likely N-dealkylation sites (N-methyl/N-ethyl adjacent to an activating group) is 1. The Morgan fingerprint density at radius 3 is 2.88 bits per heavy atom. The normalized spacial score (nSPS) is 30.4. The van der Waals surface area contributed by atoms with Gasteiger partial charge in [0.05, 0.1) is 23.6 Å². The zero-order chi connectivity index (χ0) is 29.6. The van der Waals surface area contributed by atoms with E-state index in [9.17, 15) is 4.79 Å². The highest BCUT2D eigenvalue weighted by atomic mass is 16.1. The number of nitrogens with zero attached hydrogens (tertiary/aromatic N) is 5. The van der Waals surface area contributed by atoms with Crippen LogP contribution in [0.15, 0.2) is 54.3 Å². The van der Waals surface area contributed by atoms with Crippen LogP contribution in [0.1, 0.15) is 61.6 Å².